The van der Waals surface area contributed by atoms with E-state index in [1.807, 2.05) is 25.1 Å². The van der Waals surface area contributed by atoms with Gasteiger partial charge in [0, 0.05) is 49.7 Å². The predicted octanol–water partition coefficient (Wildman–Crippen LogP) is 2.43. The molecule has 30 heavy (non-hydrogen) atoms. The van der Waals surface area contributed by atoms with Crippen LogP contribution in [0.3, 0.4) is 0 Å². The molecule has 2 aromatic rings. The summed E-state index contributed by atoms with van der Waals surface area (Å²) in [5.41, 5.74) is 3.21. The number of anilines is 2. The molecule has 9 nitrogen and oxygen atoms in total. The SMILES string of the molecule is CC(=O)N1c2ccc(-c3cnc(N4CCOCC4)nc3)cc2C(NC(=O)O)CC1C. The topological polar surface area (TPSA) is 108 Å². The first-order chi connectivity index (χ1) is 14.4. The van der Waals surface area contributed by atoms with E-state index in [1.54, 1.807) is 17.3 Å². The minimum Gasteiger partial charge on any atom is -0.465 e. The lowest BCUT2D eigenvalue weighted by Gasteiger charge is -2.39. The number of carbonyl (C=O) groups is 2. The number of amides is 2. The number of hydrogen-bond acceptors (Lipinski definition) is 6. The second kappa shape index (κ2) is 8.27. The number of hydrogen-bond donors (Lipinski definition) is 2. The van der Waals surface area contributed by atoms with Gasteiger partial charge in [0.15, 0.2) is 0 Å². The molecule has 0 radical (unpaired) electrons. The molecular weight excluding hydrogens is 386 g/mol. The van der Waals surface area contributed by atoms with Crippen molar-refractivity contribution in [2.24, 2.45) is 0 Å². The summed E-state index contributed by atoms with van der Waals surface area (Å²) in [6.07, 6.45) is 2.97. The van der Waals surface area contributed by atoms with Gasteiger partial charge in [0.05, 0.1) is 19.3 Å². The maximum absolute atomic E-state index is 12.2. The number of nitrogens with zero attached hydrogens (tertiary/aromatic N) is 4. The minimum atomic E-state index is -1.09. The molecule has 3 heterocycles. The summed E-state index contributed by atoms with van der Waals surface area (Å²) in [5.74, 6) is 0.602. The Morgan fingerprint density at radius 2 is 1.87 bits per heavy atom. The molecular formula is C21H25N5O4. The molecule has 9 heteroatoms. The fourth-order valence-corrected chi connectivity index (χ4v) is 4.21. The molecule has 0 bridgehead atoms. The van der Waals surface area contributed by atoms with Gasteiger partial charge in [-0.1, -0.05) is 6.07 Å². The third kappa shape index (κ3) is 3.93. The van der Waals surface area contributed by atoms with Gasteiger partial charge in [0.2, 0.25) is 11.9 Å². The van der Waals surface area contributed by atoms with Crippen LogP contribution >= 0.6 is 0 Å². The number of morpholine rings is 1. The van der Waals surface area contributed by atoms with E-state index in [9.17, 15) is 14.7 Å². The van der Waals surface area contributed by atoms with Crippen molar-refractivity contribution in [2.45, 2.75) is 32.4 Å². The normalized spacial score (nSPS) is 21.1. The van der Waals surface area contributed by atoms with Crippen LogP contribution in [0.25, 0.3) is 11.1 Å². The van der Waals surface area contributed by atoms with Crippen molar-refractivity contribution in [3.05, 3.63) is 36.2 Å². The fraction of sp³-hybridized carbons (Fsp3) is 0.429. The van der Waals surface area contributed by atoms with Gasteiger partial charge < -0.3 is 25.0 Å². The monoisotopic (exact) mass is 411 g/mol. The van der Waals surface area contributed by atoms with E-state index in [4.69, 9.17) is 4.74 Å². The number of nitrogens with one attached hydrogen (secondary N) is 1. The standard InChI is InChI=1S/C21H25N5O4/c1-13-9-18(24-21(28)29)17-10-15(3-4-19(17)26(13)14(2)27)16-11-22-20(23-12-16)25-5-7-30-8-6-25/h3-4,10-13,18,24H,5-9H2,1-2H3,(H,28,29). The first kappa shape index (κ1) is 20.1. The van der Waals surface area contributed by atoms with E-state index >= 15 is 0 Å². The van der Waals surface area contributed by atoms with Crippen LogP contribution in [0.15, 0.2) is 30.6 Å². The van der Waals surface area contributed by atoms with Gasteiger partial charge in [-0.3, -0.25) is 4.79 Å². The van der Waals surface area contributed by atoms with Gasteiger partial charge in [-0.05, 0) is 36.6 Å². The van der Waals surface area contributed by atoms with Crippen molar-refractivity contribution in [3.8, 4) is 11.1 Å². The molecule has 2 amide bonds. The van der Waals surface area contributed by atoms with Gasteiger partial charge in [-0.2, -0.15) is 0 Å². The molecule has 1 aromatic heterocycles. The van der Waals surface area contributed by atoms with Crippen LogP contribution in [0.1, 0.15) is 31.9 Å². The second-order valence-electron chi connectivity index (χ2n) is 7.62. The van der Waals surface area contributed by atoms with Gasteiger partial charge in [0.25, 0.3) is 0 Å². The third-order valence-corrected chi connectivity index (χ3v) is 5.58. The molecule has 2 N–H and O–H groups in total. The van der Waals surface area contributed by atoms with Crippen LogP contribution in [-0.2, 0) is 9.53 Å². The molecule has 0 spiro atoms. The van der Waals surface area contributed by atoms with Gasteiger partial charge in [-0.15, -0.1) is 0 Å². The molecule has 158 valence electrons. The number of fused-ring (bicyclic) bond motifs is 1. The van der Waals surface area contributed by atoms with Gasteiger partial charge >= 0.3 is 6.09 Å². The maximum Gasteiger partial charge on any atom is 0.405 e. The molecule has 2 aliphatic heterocycles. The molecule has 2 atom stereocenters. The summed E-state index contributed by atoms with van der Waals surface area (Å²) >= 11 is 0. The highest BCUT2D eigenvalue weighted by Crippen LogP contribution is 2.39. The molecule has 4 rings (SSSR count). The van der Waals surface area contributed by atoms with Gasteiger partial charge in [-0.25, -0.2) is 14.8 Å². The quantitative estimate of drug-likeness (QED) is 0.799. The summed E-state index contributed by atoms with van der Waals surface area (Å²) in [6, 6.07) is 5.21. The molecule has 1 fully saturated rings. The van der Waals surface area contributed by atoms with Crippen molar-refractivity contribution in [3.63, 3.8) is 0 Å². The Morgan fingerprint density at radius 1 is 1.17 bits per heavy atom. The number of aromatic nitrogens is 2. The summed E-state index contributed by atoms with van der Waals surface area (Å²) in [4.78, 5) is 36.3. The average molecular weight is 411 g/mol. The first-order valence-corrected chi connectivity index (χ1v) is 10.0. The van der Waals surface area contributed by atoms with E-state index in [0.717, 1.165) is 35.5 Å². The lowest BCUT2D eigenvalue weighted by atomic mass is 9.89. The molecule has 0 saturated carbocycles. The number of carboxylic acid groups (broad SMARTS) is 1. The van der Waals surface area contributed by atoms with E-state index in [0.29, 0.717) is 25.6 Å². The van der Waals surface area contributed by atoms with Crippen LogP contribution in [0, 0.1) is 0 Å². The van der Waals surface area contributed by atoms with Crippen molar-refractivity contribution >= 4 is 23.6 Å². The van der Waals surface area contributed by atoms with Crippen LogP contribution in [0.5, 0.6) is 0 Å². The molecule has 0 aliphatic carbocycles. The van der Waals surface area contributed by atoms with Crippen LogP contribution < -0.4 is 15.1 Å². The fourth-order valence-electron chi connectivity index (χ4n) is 4.21. The average Bonchev–Trinajstić information content (AvgIpc) is 2.73. The summed E-state index contributed by atoms with van der Waals surface area (Å²) in [5, 5.41) is 11.9. The zero-order valence-electron chi connectivity index (χ0n) is 17.0. The van der Waals surface area contributed by atoms with Crippen molar-refractivity contribution < 1.29 is 19.4 Å². The number of ether oxygens (including phenoxy) is 1. The number of carbonyl (C=O) groups excluding carboxylic acids is 1. The summed E-state index contributed by atoms with van der Waals surface area (Å²) in [7, 11) is 0. The van der Waals surface area contributed by atoms with E-state index in [1.165, 1.54) is 6.92 Å². The molecule has 2 unspecified atom stereocenters. The van der Waals surface area contributed by atoms with Crippen molar-refractivity contribution in [1.82, 2.24) is 15.3 Å². The lowest BCUT2D eigenvalue weighted by molar-refractivity contribution is -0.117. The van der Waals surface area contributed by atoms with E-state index in [2.05, 4.69) is 20.2 Å². The summed E-state index contributed by atoms with van der Waals surface area (Å²) in [6.45, 7) is 6.31. The van der Waals surface area contributed by atoms with Crippen LogP contribution in [-0.4, -0.2) is 59.4 Å². The predicted molar refractivity (Wildman–Crippen MR) is 112 cm³/mol. The third-order valence-electron chi connectivity index (χ3n) is 5.58. The number of benzene rings is 1. The Bertz CT molecular complexity index is 943. The lowest BCUT2D eigenvalue weighted by Crippen LogP contribution is -2.45. The Hall–Kier alpha value is -3.20. The number of rotatable bonds is 3. The zero-order valence-corrected chi connectivity index (χ0v) is 17.0. The molecule has 2 aliphatic rings. The van der Waals surface area contributed by atoms with Crippen LogP contribution in [0.4, 0.5) is 16.4 Å². The van der Waals surface area contributed by atoms with Gasteiger partial charge in [0.1, 0.15) is 0 Å². The smallest absolute Gasteiger partial charge is 0.405 e. The Labute approximate surface area is 174 Å². The van der Waals surface area contributed by atoms with E-state index < -0.39 is 12.1 Å². The minimum absolute atomic E-state index is 0.0662. The van der Waals surface area contributed by atoms with Crippen molar-refractivity contribution in [2.75, 3.05) is 36.1 Å². The highest BCUT2D eigenvalue weighted by Gasteiger charge is 2.33. The summed E-state index contributed by atoms with van der Waals surface area (Å²) < 4.78 is 5.36. The van der Waals surface area contributed by atoms with Crippen molar-refractivity contribution in [1.29, 1.82) is 0 Å². The highest BCUT2D eigenvalue weighted by molar-refractivity contribution is 5.94. The Morgan fingerprint density at radius 3 is 2.50 bits per heavy atom. The largest absolute Gasteiger partial charge is 0.465 e. The Kier molecular flexibility index (Phi) is 5.54. The van der Waals surface area contributed by atoms with Crippen LogP contribution in [0.2, 0.25) is 0 Å². The maximum atomic E-state index is 12.2. The molecule has 1 aromatic carbocycles. The molecule has 1 saturated heterocycles. The Balaban J connectivity index is 1.67. The zero-order chi connectivity index (χ0) is 21.3. The van der Waals surface area contributed by atoms with E-state index in [-0.39, 0.29) is 11.9 Å². The second-order valence-corrected chi connectivity index (χ2v) is 7.62. The first-order valence-electron chi connectivity index (χ1n) is 10.0. The highest BCUT2D eigenvalue weighted by atomic mass is 16.5.